The smallest absolute Gasteiger partial charge is 0.411 e. The molecule has 0 saturated carbocycles. The molecule has 6 heteroatoms. The third-order valence-corrected chi connectivity index (χ3v) is 4.46. The van der Waals surface area contributed by atoms with Crippen molar-refractivity contribution >= 4 is 17.8 Å². The molecule has 28 heavy (non-hydrogen) atoms. The summed E-state index contributed by atoms with van der Waals surface area (Å²) < 4.78 is 5.24. The van der Waals surface area contributed by atoms with Crippen molar-refractivity contribution in [3.05, 3.63) is 89.6 Å². The van der Waals surface area contributed by atoms with Crippen LogP contribution in [0, 0.1) is 0 Å². The maximum absolute atomic E-state index is 12.1. The second kappa shape index (κ2) is 8.90. The first-order valence-electron chi connectivity index (χ1n) is 8.98. The van der Waals surface area contributed by atoms with Gasteiger partial charge in [-0.1, -0.05) is 60.7 Å². The highest BCUT2D eigenvalue weighted by Crippen LogP contribution is 2.26. The van der Waals surface area contributed by atoms with E-state index in [0.717, 1.165) is 16.8 Å². The first kappa shape index (κ1) is 19.2. The summed E-state index contributed by atoms with van der Waals surface area (Å²) in [6.45, 7) is 2.05. The van der Waals surface area contributed by atoms with E-state index in [1.165, 1.54) is 0 Å². The Morgan fingerprint density at radius 2 is 1.71 bits per heavy atom. The number of hydrogen-bond donors (Lipinski definition) is 2. The van der Waals surface area contributed by atoms with Gasteiger partial charge in [-0.05, 0) is 30.2 Å². The number of nitrogens with zero attached hydrogens (tertiary/aromatic N) is 1. The Bertz CT molecular complexity index is 891. The zero-order valence-corrected chi connectivity index (χ0v) is 15.5. The number of carboxylic acid groups (broad SMARTS) is 1. The number of benzene rings is 2. The van der Waals surface area contributed by atoms with Crippen molar-refractivity contribution in [3.8, 4) is 0 Å². The minimum Gasteiger partial charge on any atom is -0.480 e. The molecule has 0 fully saturated rings. The number of alkyl carbamates (subject to hydrolysis) is 1. The van der Waals surface area contributed by atoms with E-state index in [0.29, 0.717) is 5.70 Å². The number of carbonyl (C=O) groups is 2. The molecule has 0 bridgehead atoms. The lowest BCUT2D eigenvalue weighted by Crippen LogP contribution is -2.42. The summed E-state index contributed by atoms with van der Waals surface area (Å²) in [5, 5.41) is 12.2. The van der Waals surface area contributed by atoms with Crippen LogP contribution in [-0.2, 0) is 16.1 Å². The van der Waals surface area contributed by atoms with E-state index >= 15 is 0 Å². The zero-order chi connectivity index (χ0) is 19.9. The lowest BCUT2D eigenvalue weighted by atomic mass is 10.0. The summed E-state index contributed by atoms with van der Waals surface area (Å²) in [5.41, 5.74) is 3.17. The lowest BCUT2D eigenvalue weighted by molar-refractivity contribution is -0.141. The van der Waals surface area contributed by atoms with E-state index in [9.17, 15) is 14.7 Å². The van der Waals surface area contributed by atoms with Crippen molar-refractivity contribution in [2.24, 2.45) is 0 Å². The van der Waals surface area contributed by atoms with Crippen molar-refractivity contribution in [3.63, 3.8) is 0 Å². The van der Waals surface area contributed by atoms with E-state index in [1.54, 1.807) is 17.9 Å². The van der Waals surface area contributed by atoms with Gasteiger partial charge in [0.1, 0.15) is 12.6 Å². The van der Waals surface area contributed by atoms with Crippen LogP contribution in [0.4, 0.5) is 4.79 Å². The van der Waals surface area contributed by atoms with Gasteiger partial charge in [0, 0.05) is 11.4 Å². The summed E-state index contributed by atoms with van der Waals surface area (Å²) in [6.07, 6.45) is 3.01. The highest BCUT2D eigenvalue weighted by molar-refractivity contribution is 5.78. The van der Waals surface area contributed by atoms with Crippen LogP contribution in [-0.4, -0.2) is 34.7 Å². The largest absolute Gasteiger partial charge is 0.480 e. The Morgan fingerprint density at radius 3 is 2.36 bits per heavy atom. The molecule has 1 aliphatic heterocycles. The number of carboxylic acids is 1. The summed E-state index contributed by atoms with van der Waals surface area (Å²) in [6, 6.07) is 18.2. The Labute approximate surface area is 163 Å². The summed E-state index contributed by atoms with van der Waals surface area (Å²) in [4.78, 5) is 25.4. The van der Waals surface area contributed by atoms with Crippen LogP contribution >= 0.6 is 0 Å². The molecule has 0 aliphatic carbocycles. The molecule has 6 nitrogen and oxygen atoms in total. The van der Waals surface area contributed by atoms with Crippen molar-refractivity contribution < 1.29 is 19.4 Å². The molecular weight excluding hydrogens is 356 g/mol. The van der Waals surface area contributed by atoms with Gasteiger partial charge < -0.3 is 14.7 Å². The monoisotopic (exact) mass is 378 g/mol. The van der Waals surface area contributed by atoms with Crippen LogP contribution in [0.3, 0.4) is 0 Å². The molecule has 1 unspecified atom stereocenters. The number of rotatable bonds is 6. The molecule has 3 rings (SSSR count). The average molecular weight is 378 g/mol. The van der Waals surface area contributed by atoms with Gasteiger partial charge in [0.05, 0.1) is 6.54 Å². The standard InChI is InChI=1S/C22H22N2O4/c1-16(21(25)26)24-14-19(12-13-20(24)18-10-6-3-7-11-18)23-22(27)28-15-17-8-4-2-5-9-17/h2-13,16H,14-15H2,1H3,(H,23,27)(H,25,26). The third kappa shape index (κ3) is 4.79. The molecule has 144 valence electrons. The van der Waals surface area contributed by atoms with E-state index in [-0.39, 0.29) is 13.2 Å². The van der Waals surface area contributed by atoms with Gasteiger partial charge in [0.2, 0.25) is 0 Å². The van der Waals surface area contributed by atoms with E-state index in [4.69, 9.17) is 4.74 Å². The van der Waals surface area contributed by atoms with Crippen LogP contribution < -0.4 is 5.32 Å². The van der Waals surface area contributed by atoms with Crippen LogP contribution in [0.25, 0.3) is 5.70 Å². The summed E-state index contributed by atoms with van der Waals surface area (Å²) in [7, 11) is 0. The Balaban J connectivity index is 1.71. The van der Waals surface area contributed by atoms with Crippen LogP contribution in [0.5, 0.6) is 0 Å². The molecule has 0 aromatic heterocycles. The molecule has 0 saturated heterocycles. The Hall–Kier alpha value is -3.54. The molecule has 2 N–H and O–H groups in total. The first-order valence-corrected chi connectivity index (χ1v) is 8.98. The predicted octanol–water partition coefficient (Wildman–Crippen LogP) is 3.63. The molecule has 1 atom stereocenters. The van der Waals surface area contributed by atoms with E-state index < -0.39 is 18.1 Å². The Kier molecular flexibility index (Phi) is 6.11. The number of allylic oxidation sites excluding steroid dienone is 2. The first-order chi connectivity index (χ1) is 13.5. The fraction of sp³-hybridized carbons (Fsp3) is 0.182. The molecule has 1 amide bonds. The zero-order valence-electron chi connectivity index (χ0n) is 15.5. The highest BCUT2D eigenvalue weighted by Gasteiger charge is 2.27. The average Bonchev–Trinajstić information content (AvgIpc) is 2.73. The fourth-order valence-electron chi connectivity index (χ4n) is 2.92. The maximum atomic E-state index is 12.1. The second-order valence-corrected chi connectivity index (χ2v) is 6.44. The van der Waals surface area contributed by atoms with Gasteiger partial charge in [0.15, 0.2) is 0 Å². The summed E-state index contributed by atoms with van der Waals surface area (Å²) >= 11 is 0. The van der Waals surface area contributed by atoms with Crippen molar-refractivity contribution in [1.82, 2.24) is 10.2 Å². The number of hydrogen-bond acceptors (Lipinski definition) is 4. The number of amides is 1. The van der Waals surface area contributed by atoms with Crippen molar-refractivity contribution in [2.75, 3.05) is 6.54 Å². The normalized spacial score (nSPS) is 14.5. The predicted molar refractivity (Wildman–Crippen MR) is 106 cm³/mol. The quantitative estimate of drug-likeness (QED) is 0.803. The molecular formula is C22H22N2O4. The molecule has 0 spiro atoms. The minimum atomic E-state index is -0.935. The van der Waals surface area contributed by atoms with Gasteiger partial charge in [-0.2, -0.15) is 0 Å². The fourth-order valence-corrected chi connectivity index (χ4v) is 2.92. The number of nitrogens with one attached hydrogen (secondary N) is 1. The number of aliphatic carboxylic acids is 1. The van der Waals surface area contributed by atoms with Crippen LogP contribution in [0.2, 0.25) is 0 Å². The van der Waals surface area contributed by atoms with E-state index in [1.807, 2.05) is 66.7 Å². The lowest BCUT2D eigenvalue weighted by Gasteiger charge is -2.34. The molecule has 2 aromatic rings. The van der Waals surface area contributed by atoms with Gasteiger partial charge in [-0.25, -0.2) is 9.59 Å². The van der Waals surface area contributed by atoms with Crippen LogP contribution in [0.15, 0.2) is 78.5 Å². The third-order valence-electron chi connectivity index (χ3n) is 4.46. The van der Waals surface area contributed by atoms with E-state index in [2.05, 4.69) is 5.32 Å². The second-order valence-electron chi connectivity index (χ2n) is 6.44. The van der Waals surface area contributed by atoms with Gasteiger partial charge in [0.25, 0.3) is 0 Å². The Morgan fingerprint density at radius 1 is 1.07 bits per heavy atom. The van der Waals surface area contributed by atoms with Gasteiger partial charge >= 0.3 is 12.1 Å². The van der Waals surface area contributed by atoms with Gasteiger partial charge in [-0.15, -0.1) is 0 Å². The van der Waals surface area contributed by atoms with Gasteiger partial charge in [-0.3, -0.25) is 5.32 Å². The number of carbonyl (C=O) groups excluding carboxylic acids is 1. The number of ether oxygens (including phenoxy) is 1. The molecule has 1 aliphatic rings. The topological polar surface area (TPSA) is 78.9 Å². The minimum absolute atomic E-state index is 0.167. The van der Waals surface area contributed by atoms with Crippen LogP contribution in [0.1, 0.15) is 18.1 Å². The molecule has 2 aromatic carbocycles. The summed E-state index contributed by atoms with van der Waals surface area (Å²) in [5.74, 6) is -0.935. The van der Waals surface area contributed by atoms with Crippen molar-refractivity contribution in [2.45, 2.75) is 19.6 Å². The van der Waals surface area contributed by atoms with Crippen molar-refractivity contribution in [1.29, 1.82) is 0 Å². The SMILES string of the molecule is CC(C(=O)O)N1CC(NC(=O)OCc2ccccc2)=CC=C1c1ccccc1. The maximum Gasteiger partial charge on any atom is 0.411 e. The molecule has 0 radical (unpaired) electrons. The molecule has 1 heterocycles. The highest BCUT2D eigenvalue weighted by atomic mass is 16.5.